The maximum atomic E-state index is 12.7. The Morgan fingerprint density at radius 1 is 1.36 bits per heavy atom. The minimum absolute atomic E-state index is 0.0132. The molecule has 0 spiro atoms. The highest BCUT2D eigenvalue weighted by Gasteiger charge is 2.39. The maximum absolute atomic E-state index is 12.7. The van der Waals surface area contributed by atoms with E-state index in [1.807, 2.05) is 11.8 Å². The van der Waals surface area contributed by atoms with Crippen LogP contribution >= 0.6 is 23.4 Å². The van der Waals surface area contributed by atoms with E-state index in [1.165, 1.54) is 0 Å². The van der Waals surface area contributed by atoms with E-state index in [4.69, 9.17) is 21.1 Å². The van der Waals surface area contributed by atoms with Crippen LogP contribution in [0.25, 0.3) is 0 Å². The van der Waals surface area contributed by atoms with Crippen LogP contribution in [-0.4, -0.2) is 67.8 Å². The van der Waals surface area contributed by atoms with Crippen LogP contribution in [0.2, 0.25) is 5.02 Å². The van der Waals surface area contributed by atoms with Gasteiger partial charge in [-0.25, -0.2) is 0 Å². The number of hydrogen-bond acceptors (Lipinski definition) is 5. The first-order chi connectivity index (χ1) is 12.1. The van der Waals surface area contributed by atoms with Crippen molar-refractivity contribution in [3.8, 4) is 5.75 Å². The molecular formula is C18H25ClN2O3S. The number of amides is 1. The first kappa shape index (κ1) is 18.8. The SMILES string of the molecule is COc1ccc(Cl)cc1C(=O)NCC1(N2CCSCC2)CCOCC1. The highest BCUT2D eigenvalue weighted by molar-refractivity contribution is 7.99. The standard InChI is InChI=1S/C18H25ClN2O3S/c1-23-16-3-2-14(19)12-15(16)17(22)20-13-18(4-8-24-9-5-18)21-6-10-25-11-7-21/h2-3,12H,4-11,13H2,1H3,(H,20,22). The number of nitrogens with zero attached hydrogens (tertiary/aromatic N) is 1. The fourth-order valence-corrected chi connectivity index (χ4v) is 4.67. The second-order valence-electron chi connectivity index (χ2n) is 6.46. The van der Waals surface area contributed by atoms with Gasteiger partial charge >= 0.3 is 0 Å². The van der Waals surface area contributed by atoms with Gasteiger partial charge in [-0.1, -0.05) is 11.6 Å². The lowest BCUT2D eigenvalue weighted by molar-refractivity contribution is -0.0237. The Bertz CT molecular complexity index is 602. The minimum Gasteiger partial charge on any atom is -0.496 e. The van der Waals surface area contributed by atoms with Crippen molar-refractivity contribution in [1.82, 2.24) is 10.2 Å². The fraction of sp³-hybridized carbons (Fsp3) is 0.611. The van der Waals surface area contributed by atoms with Gasteiger partial charge in [0.15, 0.2) is 0 Å². The molecule has 0 bridgehead atoms. The van der Waals surface area contributed by atoms with E-state index in [1.54, 1.807) is 25.3 Å². The number of hydrogen-bond donors (Lipinski definition) is 1. The van der Waals surface area contributed by atoms with E-state index in [-0.39, 0.29) is 11.4 Å². The molecule has 2 aliphatic rings. The predicted octanol–water partition coefficient (Wildman–Crippen LogP) is 2.68. The zero-order valence-electron chi connectivity index (χ0n) is 14.6. The summed E-state index contributed by atoms with van der Waals surface area (Å²) < 4.78 is 10.9. The summed E-state index contributed by atoms with van der Waals surface area (Å²) in [4.78, 5) is 15.3. The lowest BCUT2D eigenvalue weighted by atomic mass is 9.87. The number of carbonyl (C=O) groups is 1. The van der Waals surface area contributed by atoms with Crippen molar-refractivity contribution in [2.45, 2.75) is 18.4 Å². The van der Waals surface area contributed by atoms with Crippen LogP contribution in [0.4, 0.5) is 0 Å². The van der Waals surface area contributed by atoms with Crippen molar-refractivity contribution in [3.63, 3.8) is 0 Å². The summed E-state index contributed by atoms with van der Waals surface area (Å²) in [7, 11) is 1.56. The molecule has 0 radical (unpaired) electrons. The Morgan fingerprint density at radius 2 is 2.08 bits per heavy atom. The molecule has 3 rings (SSSR count). The number of ether oxygens (including phenoxy) is 2. The van der Waals surface area contributed by atoms with Crippen molar-refractivity contribution in [2.75, 3.05) is 51.5 Å². The van der Waals surface area contributed by atoms with Gasteiger partial charge in [-0.2, -0.15) is 11.8 Å². The quantitative estimate of drug-likeness (QED) is 0.845. The fourth-order valence-electron chi connectivity index (χ4n) is 3.59. The van der Waals surface area contributed by atoms with Gasteiger partial charge in [-0.3, -0.25) is 9.69 Å². The molecule has 1 amide bonds. The van der Waals surface area contributed by atoms with Gasteiger partial charge in [0, 0.05) is 54.9 Å². The van der Waals surface area contributed by atoms with Gasteiger partial charge < -0.3 is 14.8 Å². The smallest absolute Gasteiger partial charge is 0.255 e. The third-order valence-corrected chi connectivity index (χ3v) is 6.27. The van der Waals surface area contributed by atoms with Crippen molar-refractivity contribution in [1.29, 1.82) is 0 Å². The predicted molar refractivity (Wildman–Crippen MR) is 102 cm³/mol. The molecule has 0 aliphatic carbocycles. The summed E-state index contributed by atoms with van der Waals surface area (Å²) in [5.74, 6) is 2.70. The van der Waals surface area contributed by atoms with Gasteiger partial charge in [0.25, 0.3) is 5.91 Å². The first-order valence-corrected chi connectivity index (χ1v) is 10.2. The number of rotatable bonds is 5. The monoisotopic (exact) mass is 384 g/mol. The summed E-state index contributed by atoms with van der Waals surface area (Å²) in [6, 6.07) is 5.11. The van der Waals surface area contributed by atoms with Crippen LogP contribution in [0.1, 0.15) is 23.2 Å². The number of methoxy groups -OCH3 is 1. The van der Waals surface area contributed by atoms with Gasteiger partial charge in [0.05, 0.1) is 12.7 Å². The highest BCUT2D eigenvalue weighted by Crippen LogP contribution is 2.30. The summed E-state index contributed by atoms with van der Waals surface area (Å²) in [5.41, 5.74) is 0.465. The molecule has 2 saturated heterocycles. The molecule has 0 saturated carbocycles. The largest absolute Gasteiger partial charge is 0.496 e. The Balaban J connectivity index is 1.72. The molecule has 0 atom stereocenters. The number of thioether (sulfide) groups is 1. The van der Waals surface area contributed by atoms with E-state index in [0.717, 1.165) is 50.7 Å². The van der Waals surface area contributed by atoms with Crippen LogP contribution in [0.5, 0.6) is 5.75 Å². The molecule has 0 unspecified atom stereocenters. The Morgan fingerprint density at radius 3 is 2.76 bits per heavy atom. The molecule has 25 heavy (non-hydrogen) atoms. The maximum Gasteiger partial charge on any atom is 0.255 e. The summed E-state index contributed by atoms with van der Waals surface area (Å²) in [6.07, 6.45) is 1.90. The summed E-state index contributed by atoms with van der Waals surface area (Å²) in [6.45, 7) is 4.26. The van der Waals surface area contributed by atoms with E-state index in [0.29, 0.717) is 22.9 Å². The number of nitrogens with one attached hydrogen (secondary N) is 1. The van der Waals surface area contributed by atoms with Crippen molar-refractivity contribution in [3.05, 3.63) is 28.8 Å². The molecule has 2 fully saturated rings. The second kappa shape index (κ2) is 8.62. The third kappa shape index (κ3) is 4.42. The van der Waals surface area contributed by atoms with Gasteiger partial charge in [-0.05, 0) is 31.0 Å². The van der Waals surface area contributed by atoms with Gasteiger partial charge in [-0.15, -0.1) is 0 Å². The lowest BCUT2D eigenvalue weighted by Gasteiger charge is -2.48. The minimum atomic E-state index is -0.142. The Hall–Kier alpha value is -0.950. The molecule has 1 N–H and O–H groups in total. The molecule has 138 valence electrons. The van der Waals surface area contributed by atoms with Gasteiger partial charge in [0.2, 0.25) is 0 Å². The molecule has 1 aromatic rings. The van der Waals surface area contributed by atoms with Crippen LogP contribution < -0.4 is 10.1 Å². The average molecular weight is 385 g/mol. The summed E-state index contributed by atoms with van der Waals surface area (Å²) in [5, 5.41) is 3.65. The molecule has 5 nitrogen and oxygen atoms in total. The first-order valence-electron chi connectivity index (χ1n) is 8.67. The Labute approximate surface area is 158 Å². The third-order valence-electron chi connectivity index (χ3n) is 5.09. The van der Waals surface area contributed by atoms with E-state index >= 15 is 0 Å². The van der Waals surface area contributed by atoms with Gasteiger partial charge in [0.1, 0.15) is 5.75 Å². The van der Waals surface area contributed by atoms with Crippen molar-refractivity contribution < 1.29 is 14.3 Å². The van der Waals surface area contributed by atoms with E-state index < -0.39 is 0 Å². The lowest BCUT2D eigenvalue weighted by Crippen LogP contribution is -2.60. The molecule has 2 aliphatic heterocycles. The average Bonchev–Trinajstić information content (AvgIpc) is 2.67. The van der Waals surface area contributed by atoms with Crippen molar-refractivity contribution in [2.24, 2.45) is 0 Å². The van der Waals surface area contributed by atoms with Crippen molar-refractivity contribution >= 4 is 29.3 Å². The molecule has 2 heterocycles. The van der Waals surface area contributed by atoms with Crippen LogP contribution in [0.3, 0.4) is 0 Å². The molecule has 7 heteroatoms. The number of benzene rings is 1. The molecule has 0 aromatic heterocycles. The highest BCUT2D eigenvalue weighted by atomic mass is 35.5. The molecular weight excluding hydrogens is 360 g/mol. The zero-order valence-corrected chi connectivity index (χ0v) is 16.1. The van der Waals surface area contributed by atoms with Crippen LogP contribution in [-0.2, 0) is 4.74 Å². The van der Waals surface area contributed by atoms with Crippen LogP contribution in [0, 0.1) is 0 Å². The zero-order chi connectivity index (χ0) is 17.7. The number of carbonyl (C=O) groups excluding carboxylic acids is 1. The Kier molecular flexibility index (Phi) is 6.49. The van der Waals surface area contributed by atoms with E-state index in [2.05, 4.69) is 10.2 Å². The second-order valence-corrected chi connectivity index (χ2v) is 8.12. The number of halogens is 1. The summed E-state index contributed by atoms with van der Waals surface area (Å²) >= 11 is 8.05. The normalized spacial score (nSPS) is 20.9. The topological polar surface area (TPSA) is 50.8 Å². The molecule has 1 aromatic carbocycles. The van der Waals surface area contributed by atoms with E-state index in [9.17, 15) is 4.79 Å². The van der Waals surface area contributed by atoms with Crippen LogP contribution in [0.15, 0.2) is 18.2 Å².